The summed E-state index contributed by atoms with van der Waals surface area (Å²) in [7, 11) is -0.254. The first-order valence-corrected chi connectivity index (χ1v) is 29.5. The summed E-state index contributed by atoms with van der Waals surface area (Å²) in [6.07, 6.45) is 21.1. The highest BCUT2D eigenvalue weighted by Crippen LogP contribution is 2.48. The molecule has 1 amide bonds. The van der Waals surface area contributed by atoms with Gasteiger partial charge in [0.05, 0.1) is 56.0 Å². The third-order valence-corrected chi connectivity index (χ3v) is 16.5. The average molecular weight is 1060 g/mol. The molecular weight excluding hydrogens is 974 g/mol. The highest BCUT2D eigenvalue weighted by atomic mass is 32.2. The van der Waals surface area contributed by atoms with Crippen LogP contribution in [0.4, 0.5) is 13.2 Å². The number of likely N-dealkylation sites (tertiary alicyclic amines) is 1. The van der Waals surface area contributed by atoms with E-state index in [4.69, 9.17) is 4.74 Å². The van der Waals surface area contributed by atoms with Gasteiger partial charge in [0.1, 0.15) is 23.3 Å². The van der Waals surface area contributed by atoms with E-state index < -0.39 is 28.4 Å². The zero-order valence-electron chi connectivity index (χ0n) is 44.4. The van der Waals surface area contributed by atoms with Gasteiger partial charge in [-0.2, -0.15) is 0 Å². The van der Waals surface area contributed by atoms with Gasteiger partial charge < -0.3 is 28.9 Å². The number of alkyl halides is 3. The number of nitrogens with one attached hydrogen (secondary N) is 1. The standard InChI is InChI=1S/C56H85F3N6O8S/c1-42(55(67)68)54(45-22-23-45)47-24-21-43-25-27-50(72-52(43)39-47)44-29-33-63(34-30-44)40-48-38-46(26-28-51(48)73-56(57,58)59)49-41-64(62-61-49)32-18-16-14-12-10-8-6-4-5-7-9-11-13-15-17-20-53(66)60-31-36-65(2,3)35-19-37-74(69,70)71/h21,24,26,28,38-39,41-42,44-45,50,54H,4-20,22-23,25,27,29-37,40H2,1-3H3,(H2-,60,66,67,68,69,70,71)/t42-,50+,54-/m0/s1. The van der Waals surface area contributed by atoms with E-state index in [0.717, 1.165) is 107 Å². The smallest absolute Gasteiger partial charge is 0.573 e. The molecule has 1 saturated heterocycles. The Hall–Kier alpha value is -4.26. The van der Waals surface area contributed by atoms with Gasteiger partial charge in [0.15, 0.2) is 0 Å². The van der Waals surface area contributed by atoms with E-state index in [1.54, 1.807) is 19.1 Å². The minimum atomic E-state index is -4.82. The van der Waals surface area contributed by atoms with Gasteiger partial charge in [-0.05, 0) is 118 Å². The number of rotatable bonds is 34. The largest absolute Gasteiger partial charge is 0.748 e. The topological polar surface area (TPSA) is 176 Å². The summed E-state index contributed by atoms with van der Waals surface area (Å²) in [6.45, 7) is 6.06. The van der Waals surface area contributed by atoms with Crippen LogP contribution >= 0.6 is 0 Å². The van der Waals surface area contributed by atoms with Crippen LogP contribution in [0.5, 0.6) is 11.5 Å². The lowest BCUT2D eigenvalue weighted by Crippen LogP contribution is -2.46. The molecule has 14 nitrogen and oxygen atoms in total. The summed E-state index contributed by atoms with van der Waals surface area (Å²) in [5.74, 6) is -0.189. The second kappa shape index (κ2) is 28.8. The van der Waals surface area contributed by atoms with Crippen LogP contribution in [0, 0.1) is 17.8 Å². The molecule has 0 radical (unpaired) electrons. The van der Waals surface area contributed by atoms with Crippen molar-refractivity contribution in [1.29, 1.82) is 0 Å². The van der Waals surface area contributed by atoms with Crippen LogP contribution in [0.25, 0.3) is 11.3 Å². The van der Waals surface area contributed by atoms with Crippen LogP contribution < -0.4 is 14.8 Å². The number of aryl methyl sites for hydroxylation is 2. The quantitative estimate of drug-likeness (QED) is 0.0331. The van der Waals surface area contributed by atoms with Crippen molar-refractivity contribution in [2.24, 2.45) is 17.8 Å². The number of carboxylic acids is 1. The molecule has 3 atom stereocenters. The number of nitrogens with zero attached hydrogens (tertiary/aromatic N) is 5. The van der Waals surface area contributed by atoms with E-state index in [0.29, 0.717) is 72.2 Å². The normalized spacial score (nSPS) is 17.6. The second-order valence-corrected chi connectivity index (χ2v) is 23.8. The molecule has 3 heterocycles. The first-order chi connectivity index (χ1) is 35.3. The van der Waals surface area contributed by atoms with Gasteiger partial charge in [0.25, 0.3) is 0 Å². The molecule has 3 aromatic rings. The van der Waals surface area contributed by atoms with Crippen LogP contribution in [-0.2, 0) is 39.2 Å². The molecule has 0 spiro atoms. The molecule has 0 bridgehead atoms. The molecule has 3 aliphatic rings. The van der Waals surface area contributed by atoms with Crippen molar-refractivity contribution in [2.45, 2.75) is 186 Å². The maximum atomic E-state index is 13.6. The maximum absolute atomic E-state index is 13.6. The maximum Gasteiger partial charge on any atom is 0.573 e. The number of hydrogen-bond donors (Lipinski definition) is 2. The van der Waals surface area contributed by atoms with Gasteiger partial charge in [-0.3, -0.25) is 19.2 Å². The summed E-state index contributed by atoms with van der Waals surface area (Å²) >= 11 is 0. The number of aliphatic carboxylic acids is 1. The number of unbranched alkanes of at least 4 members (excludes halogenated alkanes) is 14. The number of halogens is 3. The number of hydrogen-bond acceptors (Lipinski definition) is 10. The van der Waals surface area contributed by atoms with E-state index in [2.05, 4.69) is 43.5 Å². The third-order valence-electron chi connectivity index (χ3n) is 15.7. The molecule has 2 fully saturated rings. The fourth-order valence-electron chi connectivity index (χ4n) is 11.1. The van der Waals surface area contributed by atoms with E-state index in [9.17, 15) is 40.8 Å². The van der Waals surface area contributed by atoms with Crippen LogP contribution in [0.2, 0.25) is 0 Å². The summed E-state index contributed by atoms with van der Waals surface area (Å²) < 4.78 is 86.8. The van der Waals surface area contributed by atoms with Crippen molar-refractivity contribution in [2.75, 3.05) is 52.6 Å². The van der Waals surface area contributed by atoms with Crippen LogP contribution in [0.1, 0.15) is 171 Å². The van der Waals surface area contributed by atoms with Crippen molar-refractivity contribution < 1.29 is 54.8 Å². The summed E-state index contributed by atoms with van der Waals surface area (Å²) in [6, 6.07) is 11.0. The minimum Gasteiger partial charge on any atom is -0.748 e. The van der Waals surface area contributed by atoms with Crippen LogP contribution in [0.15, 0.2) is 42.6 Å². The average Bonchev–Trinajstić information content (AvgIpc) is 4.07. The number of quaternary nitrogens is 1. The molecule has 0 unspecified atom stereocenters. The number of benzene rings is 2. The number of amides is 1. The van der Waals surface area contributed by atoms with Crippen molar-refractivity contribution in [3.05, 3.63) is 59.3 Å². The Labute approximate surface area is 438 Å². The van der Waals surface area contributed by atoms with Gasteiger partial charge in [-0.25, -0.2) is 8.42 Å². The molecule has 414 valence electrons. The van der Waals surface area contributed by atoms with E-state index in [1.807, 2.05) is 25.0 Å². The molecule has 2 aromatic carbocycles. The number of likely N-dealkylation sites (N-methyl/N-ethyl adjacent to an activating group) is 1. The summed E-state index contributed by atoms with van der Waals surface area (Å²) in [5.41, 5.74) is 3.97. The minimum absolute atomic E-state index is 0.0241. The second-order valence-electron chi connectivity index (χ2n) is 22.3. The molecule has 1 aromatic heterocycles. The monoisotopic (exact) mass is 1060 g/mol. The fraction of sp³-hybridized carbons (Fsp3) is 0.714. The lowest BCUT2D eigenvalue weighted by atomic mass is 9.81. The van der Waals surface area contributed by atoms with E-state index in [-0.39, 0.29) is 29.4 Å². The summed E-state index contributed by atoms with van der Waals surface area (Å²) in [5, 5.41) is 21.5. The van der Waals surface area contributed by atoms with Crippen molar-refractivity contribution in [3.63, 3.8) is 0 Å². The highest BCUT2D eigenvalue weighted by Gasteiger charge is 2.40. The lowest BCUT2D eigenvalue weighted by Gasteiger charge is -2.38. The van der Waals surface area contributed by atoms with E-state index >= 15 is 0 Å². The first-order valence-electron chi connectivity index (χ1n) is 27.9. The number of aromatic nitrogens is 3. The zero-order valence-corrected chi connectivity index (χ0v) is 45.2. The zero-order chi connectivity index (χ0) is 53.1. The van der Waals surface area contributed by atoms with Crippen molar-refractivity contribution in [3.8, 4) is 22.8 Å². The highest BCUT2D eigenvalue weighted by molar-refractivity contribution is 7.85. The number of carbonyl (C=O) groups is 2. The predicted octanol–water partition coefficient (Wildman–Crippen LogP) is 11.0. The Balaban J connectivity index is 0.809. The Morgan fingerprint density at radius 3 is 2.11 bits per heavy atom. The lowest BCUT2D eigenvalue weighted by molar-refractivity contribution is -0.889. The molecule has 6 rings (SSSR count). The Morgan fingerprint density at radius 1 is 0.865 bits per heavy atom. The number of fused-ring (bicyclic) bond motifs is 1. The molecule has 1 aliphatic carbocycles. The summed E-state index contributed by atoms with van der Waals surface area (Å²) in [4.78, 5) is 26.3. The molecule has 18 heteroatoms. The fourth-order valence-corrected chi connectivity index (χ4v) is 11.6. The molecular formula is C56H85F3N6O8S. The first kappa shape index (κ1) is 59.0. The van der Waals surface area contributed by atoms with Crippen molar-refractivity contribution >= 4 is 22.0 Å². The van der Waals surface area contributed by atoms with Gasteiger partial charge in [-0.1, -0.05) is 108 Å². The number of carboxylic acid groups (broad SMARTS) is 1. The van der Waals surface area contributed by atoms with Gasteiger partial charge in [0, 0.05) is 42.8 Å². The molecule has 74 heavy (non-hydrogen) atoms. The predicted molar refractivity (Wildman–Crippen MR) is 279 cm³/mol. The molecule has 1 saturated carbocycles. The van der Waals surface area contributed by atoms with Gasteiger partial charge in [-0.15, -0.1) is 18.3 Å². The van der Waals surface area contributed by atoms with Crippen LogP contribution in [0.3, 0.4) is 0 Å². The van der Waals surface area contributed by atoms with Crippen LogP contribution in [-0.4, -0.2) is 119 Å². The number of piperidine rings is 1. The van der Waals surface area contributed by atoms with Gasteiger partial charge >= 0.3 is 12.3 Å². The number of ether oxygens (including phenoxy) is 2. The number of carbonyl (C=O) groups excluding carboxylic acids is 1. The van der Waals surface area contributed by atoms with E-state index in [1.165, 1.54) is 70.3 Å². The third kappa shape index (κ3) is 20.7. The SMILES string of the molecule is C[C@H](C(=O)O)[C@H](c1ccc2c(c1)O[C@@H](C1CCN(Cc3cc(-c4cn(CCCCCCCCCCCCCCCCCC(=O)NCC[N+](C)(C)CCCS(=O)(=O)[O-])nn4)ccc3OC(F)(F)F)CC1)CC2)C1CC1. The Morgan fingerprint density at radius 2 is 1.50 bits per heavy atom. The molecule has 2 aliphatic heterocycles. The Kier molecular flexibility index (Phi) is 22.9. The molecule has 2 N–H and O–H groups in total. The Bertz CT molecular complexity index is 2320. The van der Waals surface area contributed by atoms with Gasteiger partial charge in [0.2, 0.25) is 5.91 Å². The van der Waals surface area contributed by atoms with Crippen molar-refractivity contribution in [1.82, 2.24) is 25.2 Å².